The number of aliphatic carboxylic acids is 1. The standard InChI is InChI=1S/C17H29N3O4.C10H8BrFN2O/c1-2-3-4-5-6-7-9-13(17(23)24)19-16(22)14-10-8-11-20(14)15(21)12-18;1-5-10(15-2)14-8-4-6(12)3-7(11)9(8)13-5/h6-7,13-14H,2-5,8-12,18H2,1H3,(H,19,22)(H,23,24);3-4H,1-2H3/b7-6-;. The minimum atomic E-state index is -1.07. The predicted octanol–water partition coefficient (Wildman–Crippen LogP) is 3.88. The van der Waals surface area contributed by atoms with Crippen molar-refractivity contribution in [3.05, 3.63) is 40.3 Å². The monoisotopic (exact) mass is 609 g/mol. The number of carbonyl (C=O) groups excluding carboxylic acids is 2. The summed E-state index contributed by atoms with van der Waals surface area (Å²) < 4.78 is 18.7. The van der Waals surface area contributed by atoms with E-state index in [-0.39, 0.29) is 24.7 Å². The number of unbranched alkanes of at least 4 members (excludes halogenated alkanes) is 3. The highest BCUT2D eigenvalue weighted by molar-refractivity contribution is 9.10. The molecule has 2 amide bonds. The lowest BCUT2D eigenvalue weighted by molar-refractivity contribution is -0.143. The summed E-state index contributed by atoms with van der Waals surface area (Å²) >= 11 is 3.25. The third-order valence-electron chi connectivity index (χ3n) is 6.19. The van der Waals surface area contributed by atoms with Gasteiger partial charge in [-0.15, -0.1) is 0 Å². The maximum Gasteiger partial charge on any atom is 0.326 e. The number of methoxy groups -OCH3 is 1. The number of ether oxygens (including phenoxy) is 1. The molecule has 10 nitrogen and oxygen atoms in total. The zero-order chi connectivity index (χ0) is 28.9. The van der Waals surface area contributed by atoms with Crippen LogP contribution >= 0.6 is 15.9 Å². The second-order valence-electron chi connectivity index (χ2n) is 9.13. The van der Waals surface area contributed by atoms with Gasteiger partial charge in [0.15, 0.2) is 0 Å². The van der Waals surface area contributed by atoms with Gasteiger partial charge in [-0.2, -0.15) is 0 Å². The van der Waals surface area contributed by atoms with E-state index in [2.05, 4.69) is 38.1 Å². The first-order valence-corrected chi connectivity index (χ1v) is 13.8. The fraction of sp³-hybridized carbons (Fsp3) is 0.519. The number of likely N-dealkylation sites (tertiary alicyclic amines) is 1. The van der Waals surface area contributed by atoms with Gasteiger partial charge in [0.2, 0.25) is 17.7 Å². The molecule has 0 radical (unpaired) electrons. The normalized spacial score (nSPS) is 15.6. The molecule has 1 aliphatic rings. The van der Waals surface area contributed by atoms with Crippen LogP contribution in [0.25, 0.3) is 11.0 Å². The van der Waals surface area contributed by atoms with Gasteiger partial charge in [-0.25, -0.2) is 19.2 Å². The second kappa shape index (κ2) is 16.1. The van der Waals surface area contributed by atoms with Crippen molar-refractivity contribution in [2.24, 2.45) is 5.73 Å². The number of aryl methyl sites for hydroxylation is 1. The average Bonchev–Trinajstić information content (AvgIpc) is 3.40. The van der Waals surface area contributed by atoms with Crippen molar-refractivity contribution < 1.29 is 28.6 Å². The number of aromatic nitrogens is 2. The molecule has 12 heteroatoms. The molecule has 2 aromatic rings. The number of allylic oxidation sites excluding steroid dienone is 1. The third kappa shape index (κ3) is 9.54. The molecule has 1 aliphatic heterocycles. The van der Waals surface area contributed by atoms with Crippen LogP contribution in [-0.4, -0.2) is 70.0 Å². The number of carboxylic acid groups (broad SMARTS) is 1. The molecule has 0 spiro atoms. The molecule has 1 saturated heterocycles. The van der Waals surface area contributed by atoms with Gasteiger partial charge in [-0.3, -0.25) is 9.59 Å². The first-order chi connectivity index (χ1) is 18.6. The number of benzene rings is 1. The van der Waals surface area contributed by atoms with Crippen LogP contribution in [0.15, 0.2) is 28.8 Å². The van der Waals surface area contributed by atoms with E-state index >= 15 is 0 Å². The number of nitrogens with two attached hydrogens (primary N) is 1. The van der Waals surface area contributed by atoms with Crippen molar-refractivity contribution in [2.75, 3.05) is 20.2 Å². The highest BCUT2D eigenvalue weighted by Gasteiger charge is 2.35. The van der Waals surface area contributed by atoms with Crippen LogP contribution < -0.4 is 15.8 Å². The number of hydrogen-bond donors (Lipinski definition) is 3. The molecule has 2 heterocycles. The van der Waals surface area contributed by atoms with Gasteiger partial charge in [0.25, 0.3) is 0 Å². The molecule has 1 aromatic carbocycles. The highest BCUT2D eigenvalue weighted by Crippen LogP contribution is 2.25. The maximum absolute atomic E-state index is 13.1. The molecule has 0 aliphatic carbocycles. The zero-order valence-electron chi connectivity index (χ0n) is 22.6. The van der Waals surface area contributed by atoms with Crippen molar-refractivity contribution >= 4 is 44.7 Å². The molecule has 2 unspecified atom stereocenters. The SMILES string of the molecule is CCCCC/C=C\CC(NC(=O)C1CCCN1C(=O)CN)C(=O)O.COc1nc2cc(F)cc(Br)c2nc1C. The van der Waals surface area contributed by atoms with E-state index < -0.39 is 24.0 Å². The van der Waals surface area contributed by atoms with Gasteiger partial charge in [0.1, 0.15) is 29.1 Å². The number of carbonyl (C=O) groups is 3. The maximum atomic E-state index is 13.1. The summed E-state index contributed by atoms with van der Waals surface area (Å²) in [7, 11) is 1.51. The van der Waals surface area contributed by atoms with Gasteiger partial charge < -0.3 is 25.8 Å². The van der Waals surface area contributed by atoms with E-state index in [9.17, 15) is 23.9 Å². The average molecular weight is 611 g/mol. The summed E-state index contributed by atoms with van der Waals surface area (Å²) in [5.74, 6) is -1.71. The first-order valence-electron chi connectivity index (χ1n) is 13.0. The Hall–Kier alpha value is -3.12. The quantitative estimate of drug-likeness (QED) is 0.257. The van der Waals surface area contributed by atoms with Gasteiger partial charge in [-0.1, -0.05) is 31.9 Å². The lowest BCUT2D eigenvalue weighted by Crippen LogP contribution is -2.51. The molecule has 0 bridgehead atoms. The van der Waals surface area contributed by atoms with Crippen LogP contribution in [0.2, 0.25) is 0 Å². The Kier molecular flexibility index (Phi) is 13.2. The number of carboxylic acids is 1. The largest absolute Gasteiger partial charge is 0.480 e. The molecular weight excluding hydrogens is 573 g/mol. The number of amides is 2. The summed E-state index contributed by atoms with van der Waals surface area (Å²) in [4.78, 5) is 45.3. The van der Waals surface area contributed by atoms with Gasteiger partial charge >= 0.3 is 5.97 Å². The van der Waals surface area contributed by atoms with Crippen molar-refractivity contribution in [2.45, 2.75) is 70.9 Å². The summed E-state index contributed by atoms with van der Waals surface area (Å²) in [5.41, 5.74) is 7.14. The van der Waals surface area contributed by atoms with E-state index in [0.29, 0.717) is 40.0 Å². The Morgan fingerprint density at radius 3 is 2.69 bits per heavy atom. The zero-order valence-corrected chi connectivity index (χ0v) is 24.2. The van der Waals surface area contributed by atoms with Crippen LogP contribution in [0, 0.1) is 12.7 Å². The van der Waals surface area contributed by atoms with E-state index in [0.717, 1.165) is 32.1 Å². The first kappa shape index (κ1) is 32.1. The fourth-order valence-corrected chi connectivity index (χ4v) is 4.66. The molecule has 214 valence electrons. The topological polar surface area (TPSA) is 148 Å². The Morgan fingerprint density at radius 1 is 1.31 bits per heavy atom. The summed E-state index contributed by atoms with van der Waals surface area (Å²) in [5, 5.41) is 11.8. The summed E-state index contributed by atoms with van der Waals surface area (Å²) in [6.07, 6.45) is 9.53. The smallest absolute Gasteiger partial charge is 0.326 e. The number of fused-ring (bicyclic) bond motifs is 1. The Balaban J connectivity index is 0.000000302. The van der Waals surface area contributed by atoms with Gasteiger partial charge in [0.05, 0.1) is 19.2 Å². The van der Waals surface area contributed by atoms with Crippen molar-refractivity contribution in [1.29, 1.82) is 0 Å². The number of nitrogens with zero attached hydrogens (tertiary/aromatic N) is 3. The predicted molar refractivity (Wildman–Crippen MR) is 150 cm³/mol. The molecular formula is C27H37BrFN5O5. The van der Waals surface area contributed by atoms with Crippen LogP contribution in [0.1, 0.15) is 57.6 Å². The van der Waals surface area contributed by atoms with E-state index in [1.807, 2.05) is 6.08 Å². The Morgan fingerprint density at radius 2 is 2.05 bits per heavy atom. The second-order valence-corrected chi connectivity index (χ2v) is 9.98. The van der Waals surface area contributed by atoms with Crippen LogP contribution in [-0.2, 0) is 14.4 Å². The summed E-state index contributed by atoms with van der Waals surface area (Å²) in [6.45, 7) is 4.26. The highest BCUT2D eigenvalue weighted by atomic mass is 79.9. The van der Waals surface area contributed by atoms with E-state index in [1.54, 1.807) is 13.0 Å². The minimum Gasteiger partial charge on any atom is -0.480 e. The molecule has 1 fully saturated rings. The molecule has 2 atom stereocenters. The summed E-state index contributed by atoms with van der Waals surface area (Å²) in [6, 6.07) is 1.10. The number of nitrogens with one attached hydrogen (secondary N) is 1. The van der Waals surface area contributed by atoms with Crippen LogP contribution in [0.3, 0.4) is 0 Å². The number of halogens is 2. The van der Waals surface area contributed by atoms with E-state index in [1.165, 1.54) is 24.1 Å². The third-order valence-corrected chi connectivity index (χ3v) is 6.79. The fourth-order valence-electron chi connectivity index (χ4n) is 4.15. The van der Waals surface area contributed by atoms with Gasteiger partial charge in [0, 0.05) is 17.1 Å². The molecule has 1 aromatic heterocycles. The molecule has 0 saturated carbocycles. The van der Waals surface area contributed by atoms with Crippen LogP contribution in [0.5, 0.6) is 5.88 Å². The van der Waals surface area contributed by atoms with Crippen molar-refractivity contribution in [3.8, 4) is 5.88 Å². The van der Waals surface area contributed by atoms with Gasteiger partial charge in [-0.05, 0) is 61.0 Å². The molecule has 4 N–H and O–H groups in total. The Bertz CT molecular complexity index is 1180. The van der Waals surface area contributed by atoms with Crippen molar-refractivity contribution in [3.63, 3.8) is 0 Å². The minimum absolute atomic E-state index is 0.146. The number of hydrogen-bond acceptors (Lipinski definition) is 7. The van der Waals surface area contributed by atoms with Crippen molar-refractivity contribution in [1.82, 2.24) is 20.2 Å². The molecule has 39 heavy (non-hydrogen) atoms. The lowest BCUT2D eigenvalue weighted by atomic mass is 10.1. The lowest BCUT2D eigenvalue weighted by Gasteiger charge is -2.24. The number of rotatable bonds is 11. The molecule has 3 rings (SSSR count). The Labute approximate surface area is 236 Å². The van der Waals surface area contributed by atoms with E-state index in [4.69, 9.17) is 10.5 Å². The van der Waals surface area contributed by atoms with Crippen LogP contribution in [0.4, 0.5) is 4.39 Å².